The summed E-state index contributed by atoms with van der Waals surface area (Å²) in [5, 5.41) is 3.37. The largest absolute Gasteiger partial charge is 0.462 e. The van der Waals surface area contributed by atoms with Crippen LogP contribution >= 0.6 is 11.3 Å². The summed E-state index contributed by atoms with van der Waals surface area (Å²) in [5.74, 6) is 0.416. The van der Waals surface area contributed by atoms with Gasteiger partial charge in [-0.25, -0.2) is 4.79 Å². The van der Waals surface area contributed by atoms with Crippen LogP contribution in [0.15, 0.2) is 0 Å². The Hall–Kier alpha value is -1.89. The second-order valence-electron chi connectivity index (χ2n) is 7.45. The van der Waals surface area contributed by atoms with Crippen LogP contribution < -0.4 is 5.32 Å². The van der Waals surface area contributed by atoms with E-state index >= 15 is 0 Å². The molecule has 26 heavy (non-hydrogen) atoms. The Morgan fingerprint density at radius 1 is 1.23 bits per heavy atom. The molecule has 3 rings (SSSR count). The minimum Gasteiger partial charge on any atom is -0.462 e. The lowest BCUT2D eigenvalue weighted by Gasteiger charge is -2.20. The van der Waals surface area contributed by atoms with Crippen molar-refractivity contribution in [1.29, 1.82) is 0 Å². The highest BCUT2D eigenvalue weighted by Crippen LogP contribution is 2.49. The van der Waals surface area contributed by atoms with Crippen molar-refractivity contribution in [2.75, 3.05) is 26.0 Å². The van der Waals surface area contributed by atoms with E-state index in [1.54, 1.807) is 27.9 Å². The van der Waals surface area contributed by atoms with Gasteiger partial charge in [-0.3, -0.25) is 9.59 Å². The maximum Gasteiger partial charge on any atom is 0.341 e. The molecule has 0 saturated heterocycles. The zero-order valence-electron chi connectivity index (χ0n) is 15.8. The van der Waals surface area contributed by atoms with E-state index < -0.39 is 5.97 Å². The first-order valence-electron chi connectivity index (χ1n) is 9.16. The van der Waals surface area contributed by atoms with Crippen LogP contribution in [0.4, 0.5) is 5.00 Å². The third-order valence-electron chi connectivity index (χ3n) is 5.54. The highest BCUT2D eigenvalue weighted by Gasteiger charge is 2.43. The lowest BCUT2D eigenvalue weighted by Crippen LogP contribution is -2.27. The number of carbonyl (C=O) groups is 3. The number of hydrogen-bond donors (Lipinski definition) is 1. The first-order chi connectivity index (χ1) is 12.3. The van der Waals surface area contributed by atoms with Crippen LogP contribution in [0.2, 0.25) is 0 Å². The summed E-state index contributed by atoms with van der Waals surface area (Å²) in [6, 6.07) is 0. The number of amides is 2. The van der Waals surface area contributed by atoms with Crippen molar-refractivity contribution in [3.63, 3.8) is 0 Å². The maximum absolute atomic E-state index is 12.8. The first kappa shape index (κ1) is 18.9. The molecule has 1 aromatic rings. The van der Waals surface area contributed by atoms with Crippen molar-refractivity contribution >= 4 is 34.1 Å². The smallest absolute Gasteiger partial charge is 0.341 e. The van der Waals surface area contributed by atoms with E-state index in [0.29, 0.717) is 32.8 Å². The fourth-order valence-electron chi connectivity index (χ4n) is 4.23. The summed E-state index contributed by atoms with van der Waals surface area (Å²) in [6.07, 6.45) is 4.40. The maximum atomic E-state index is 12.8. The quantitative estimate of drug-likeness (QED) is 0.798. The number of fused-ring (bicyclic) bond motifs is 2. The molecule has 2 aliphatic carbocycles. The second-order valence-corrected chi connectivity index (χ2v) is 8.47. The lowest BCUT2D eigenvalue weighted by atomic mass is 9.88. The Morgan fingerprint density at radius 2 is 1.96 bits per heavy atom. The average molecular weight is 378 g/mol. The molecule has 0 unspecified atom stereocenters. The van der Waals surface area contributed by atoms with Crippen LogP contribution in [-0.4, -0.2) is 43.4 Å². The predicted octanol–water partition coefficient (Wildman–Crippen LogP) is 3.31. The second kappa shape index (κ2) is 7.39. The number of rotatable bonds is 5. The highest BCUT2D eigenvalue weighted by atomic mass is 32.1. The zero-order chi connectivity index (χ0) is 19.0. The van der Waals surface area contributed by atoms with E-state index in [0.717, 1.165) is 30.6 Å². The Labute approximate surface area is 157 Å². The molecule has 2 saturated carbocycles. The van der Waals surface area contributed by atoms with E-state index in [9.17, 15) is 14.4 Å². The molecule has 0 radical (unpaired) electrons. The van der Waals surface area contributed by atoms with Gasteiger partial charge in [0.25, 0.3) is 5.91 Å². The van der Waals surface area contributed by atoms with Gasteiger partial charge in [0.05, 0.1) is 17.0 Å². The molecule has 2 aliphatic rings. The summed E-state index contributed by atoms with van der Waals surface area (Å²) >= 11 is 1.16. The molecule has 6 nitrogen and oxygen atoms in total. The van der Waals surface area contributed by atoms with Gasteiger partial charge >= 0.3 is 5.97 Å². The van der Waals surface area contributed by atoms with Crippen LogP contribution in [0.3, 0.4) is 0 Å². The Kier molecular flexibility index (Phi) is 5.37. The van der Waals surface area contributed by atoms with Crippen molar-refractivity contribution in [2.24, 2.45) is 17.8 Å². The van der Waals surface area contributed by atoms with Gasteiger partial charge < -0.3 is 15.0 Å². The molecule has 2 bridgehead atoms. The van der Waals surface area contributed by atoms with E-state index in [2.05, 4.69) is 5.32 Å². The molecule has 0 aromatic carbocycles. The van der Waals surface area contributed by atoms with Crippen LogP contribution in [-0.2, 0) is 9.53 Å². The number of anilines is 1. The third-order valence-corrected chi connectivity index (χ3v) is 6.73. The fourth-order valence-corrected chi connectivity index (χ4v) is 5.45. The summed E-state index contributed by atoms with van der Waals surface area (Å²) in [6.45, 7) is 3.70. The van der Waals surface area contributed by atoms with Crippen LogP contribution in [0, 0.1) is 24.7 Å². The van der Waals surface area contributed by atoms with Gasteiger partial charge in [0.2, 0.25) is 5.91 Å². The van der Waals surface area contributed by atoms with E-state index in [1.165, 1.54) is 11.3 Å². The minimum atomic E-state index is -0.498. The fraction of sp³-hybridized carbons (Fsp3) is 0.632. The van der Waals surface area contributed by atoms with Crippen LogP contribution in [0.5, 0.6) is 0 Å². The SMILES string of the molecule is CCOC(=O)c1c(NC(=O)[C@H]2C[C@H]3CC[C@@H]2C3)sc(C(=O)N(C)C)c1C. The van der Waals surface area contributed by atoms with Crippen LogP contribution in [0.25, 0.3) is 0 Å². The van der Waals surface area contributed by atoms with Gasteiger partial charge in [0.15, 0.2) is 0 Å². The molecular weight excluding hydrogens is 352 g/mol. The topological polar surface area (TPSA) is 75.7 Å². The Balaban J connectivity index is 1.89. The van der Waals surface area contributed by atoms with E-state index in [4.69, 9.17) is 4.74 Å². The molecule has 142 valence electrons. The molecule has 7 heteroatoms. The van der Waals surface area contributed by atoms with Crippen molar-refractivity contribution in [3.8, 4) is 0 Å². The van der Waals surface area contributed by atoms with E-state index in [1.807, 2.05) is 0 Å². The number of carbonyl (C=O) groups excluding carboxylic acids is 3. The van der Waals surface area contributed by atoms with Crippen LogP contribution in [0.1, 0.15) is 58.2 Å². The molecule has 0 aliphatic heterocycles. The molecule has 2 amide bonds. The number of esters is 1. The van der Waals surface area contributed by atoms with Crippen molar-refractivity contribution < 1.29 is 19.1 Å². The molecule has 0 spiro atoms. The van der Waals surface area contributed by atoms with Gasteiger partial charge in [0, 0.05) is 20.0 Å². The van der Waals surface area contributed by atoms with Crippen molar-refractivity contribution in [1.82, 2.24) is 4.90 Å². The van der Waals surface area contributed by atoms with Gasteiger partial charge in [-0.2, -0.15) is 0 Å². The van der Waals surface area contributed by atoms with Gasteiger partial charge in [0.1, 0.15) is 5.00 Å². The molecule has 3 atom stereocenters. The zero-order valence-corrected chi connectivity index (χ0v) is 16.6. The summed E-state index contributed by atoms with van der Waals surface area (Å²) < 4.78 is 5.15. The summed E-state index contributed by atoms with van der Waals surface area (Å²) in [4.78, 5) is 39.6. The van der Waals surface area contributed by atoms with Gasteiger partial charge in [-0.05, 0) is 50.5 Å². The number of thiophene rings is 1. The molecule has 1 N–H and O–H groups in total. The van der Waals surface area contributed by atoms with Gasteiger partial charge in [-0.15, -0.1) is 11.3 Å². The minimum absolute atomic E-state index is 0.0131. The average Bonchev–Trinajstić information content (AvgIpc) is 3.28. The normalized spacial score (nSPS) is 23.8. The summed E-state index contributed by atoms with van der Waals surface area (Å²) in [5.41, 5.74) is 0.869. The Morgan fingerprint density at radius 3 is 2.50 bits per heavy atom. The number of hydrogen-bond acceptors (Lipinski definition) is 5. The first-order valence-corrected chi connectivity index (χ1v) is 9.98. The third kappa shape index (κ3) is 3.37. The molecule has 1 heterocycles. The standard InChI is InChI=1S/C19H26N2O4S/c1-5-25-19(24)14-10(2)15(18(23)21(3)4)26-17(14)20-16(22)13-9-11-6-7-12(13)8-11/h11-13H,5-9H2,1-4H3,(H,20,22)/t11-,12+,13-/m0/s1. The molecular formula is C19H26N2O4S. The summed E-state index contributed by atoms with van der Waals surface area (Å²) in [7, 11) is 3.33. The van der Waals surface area contributed by atoms with Crippen molar-refractivity contribution in [3.05, 3.63) is 16.0 Å². The van der Waals surface area contributed by atoms with E-state index in [-0.39, 0.29) is 24.3 Å². The lowest BCUT2D eigenvalue weighted by molar-refractivity contribution is -0.121. The highest BCUT2D eigenvalue weighted by molar-refractivity contribution is 7.18. The monoisotopic (exact) mass is 378 g/mol. The number of nitrogens with one attached hydrogen (secondary N) is 1. The molecule has 1 aromatic heterocycles. The predicted molar refractivity (Wildman–Crippen MR) is 101 cm³/mol. The Bertz CT molecular complexity index is 740. The van der Waals surface area contributed by atoms with Crippen molar-refractivity contribution in [2.45, 2.75) is 39.5 Å². The molecule has 2 fully saturated rings. The number of ether oxygens (including phenoxy) is 1. The number of nitrogens with zero attached hydrogens (tertiary/aromatic N) is 1. The van der Waals surface area contributed by atoms with Gasteiger partial charge in [-0.1, -0.05) is 6.42 Å².